The minimum Gasteiger partial charge on any atom is -0.0917 e. The van der Waals surface area contributed by atoms with Crippen molar-refractivity contribution >= 4 is 0 Å². The minimum atomic E-state index is 0.503. The highest BCUT2D eigenvalue weighted by atomic mass is 14.2. The molecule has 0 aliphatic carbocycles. The van der Waals surface area contributed by atoms with E-state index in [4.69, 9.17) is 0 Å². The molecule has 2 aromatic rings. The minimum absolute atomic E-state index is 0.503. The van der Waals surface area contributed by atoms with Gasteiger partial charge in [0.25, 0.3) is 0 Å². The third-order valence-corrected chi connectivity index (χ3v) is 3.26. The summed E-state index contributed by atoms with van der Waals surface area (Å²) in [6.07, 6.45) is 6.68. The van der Waals surface area contributed by atoms with Crippen LogP contribution in [0.5, 0.6) is 0 Å². The van der Waals surface area contributed by atoms with Crippen LogP contribution in [0.4, 0.5) is 0 Å². The van der Waals surface area contributed by atoms with Gasteiger partial charge in [-0.15, -0.1) is 0 Å². The summed E-state index contributed by atoms with van der Waals surface area (Å²) in [6, 6.07) is 21.6. The van der Waals surface area contributed by atoms with E-state index in [2.05, 4.69) is 79.7 Å². The standard InChI is InChI=1S/C18H20/c1-2-3-6-15-18(16-11-7-4-8-12-16)17-13-9-5-10-14-17/h2-5,7-14,18H,6,15H2,1H3. The number of allylic oxidation sites excluding steroid dienone is 2. The van der Waals surface area contributed by atoms with Crippen LogP contribution in [0.3, 0.4) is 0 Å². The molecular weight excluding hydrogens is 216 g/mol. The Morgan fingerprint density at radius 1 is 0.833 bits per heavy atom. The Labute approximate surface area is 110 Å². The lowest BCUT2D eigenvalue weighted by atomic mass is 9.87. The first-order chi connectivity index (χ1) is 8.92. The van der Waals surface area contributed by atoms with E-state index < -0.39 is 0 Å². The summed E-state index contributed by atoms with van der Waals surface area (Å²) in [5, 5.41) is 0. The lowest BCUT2D eigenvalue weighted by Crippen LogP contribution is -2.00. The second kappa shape index (κ2) is 6.80. The zero-order valence-electron chi connectivity index (χ0n) is 10.9. The van der Waals surface area contributed by atoms with Crippen molar-refractivity contribution in [2.75, 3.05) is 0 Å². The first-order valence-electron chi connectivity index (χ1n) is 6.63. The second-order valence-electron chi connectivity index (χ2n) is 4.52. The lowest BCUT2D eigenvalue weighted by Gasteiger charge is -2.17. The molecule has 0 saturated heterocycles. The summed E-state index contributed by atoms with van der Waals surface area (Å²) < 4.78 is 0. The summed E-state index contributed by atoms with van der Waals surface area (Å²) in [5.74, 6) is 0.503. The highest BCUT2D eigenvalue weighted by Gasteiger charge is 2.12. The van der Waals surface area contributed by atoms with Gasteiger partial charge in [0.15, 0.2) is 0 Å². The third kappa shape index (κ3) is 3.33. The largest absolute Gasteiger partial charge is 0.0917 e. The van der Waals surface area contributed by atoms with Gasteiger partial charge >= 0.3 is 0 Å². The number of benzene rings is 2. The van der Waals surface area contributed by atoms with Crippen LogP contribution < -0.4 is 0 Å². The summed E-state index contributed by atoms with van der Waals surface area (Å²) in [5.41, 5.74) is 2.82. The second-order valence-corrected chi connectivity index (χ2v) is 4.52. The van der Waals surface area contributed by atoms with Crippen molar-refractivity contribution in [2.24, 2.45) is 0 Å². The number of rotatable bonds is 5. The molecule has 18 heavy (non-hydrogen) atoms. The third-order valence-electron chi connectivity index (χ3n) is 3.26. The summed E-state index contributed by atoms with van der Waals surface area (Å²) in [7, 11) is 0. The fraction of sp³-hybridized carbons (Fsp3) is 0.222. The molecule has 0 aliphatic rings. The normalized spacial score (nSPS) is 11.2. The van der Waals surface area contributed by atoms with Crippen LogP contribution in [0.25, 0.3) is 0 Å². The topological polar surface area (TPSA) is 0 Å². The van der Waals surface area contributed by atoms with E-state index in [1.807, 2.05) is 0 Å². The fourth-order valence-corrected chi connectivity index (χ4v) is 2.33. The van der Waals surface area contributed by atoms with Crippen LogP contribution in [0.2, 0.25) is 0 Å². The summed E-state index contributed by atoms with van der Waals surface area (Å²) in [4.78, 5) is 0. The quantitative estimate of drug-likeness (QED) is 0.628. The predicted molar refractivity (Wildman–Crippen MR) is 78.8 cm³/mol. The molecule has 2 aromatic carbocycles. The van der Waals surface area contributed by atoms with Crippen LogP contribution in [0.15, 0.2) is 72.8 Å². The van der Waals surface area contributed by atoms with Gasteiger partial charge in [0.2, 0.25) is 0 Å². The van der Waals surface area contributed by atoms with E-state index >= 15 is 0 Å². The van der Waals surface area contributed by atoms with Crippen LogP contribution in [-0.2, 0) is 0 Å². The average Bonchev–Trinajstić information content (AvgIpc) is 2.46. The SMILES string of the molecule is CC=CCCC(c1ccccc1)c1ccccc1. The van der Waals surface area contributed by atoms with Gasteiger partial charge in [0.1, 0.15) is 0 Å². The van der Waals surface area contributed by atoms with E-state index in [-0.39, 0.29) is 0 Å². The van der Waals surface area contributed by atoms with Gasteiger partial charge < -0.3 is 0 Å². The molecule has 92 valence electrons. The van der Waals surface area contributed by atoms with E-state index in [1.165, 1.54) is 17.5 Å². The Kier molecular flexibility index (Phi) is 4.78. The molecule has 0 fully saturated rings. The molecular formula is C18H20. The zero-order valence-corrected chi connectivity index (χ0v) is 10.9. The Morgan fingerprint density at radius 2 is 1.33 bits per heavy atom. The Hall–Kier alpha value is -1.82. The average molecular weight is 236 g/mol. The molecule has 2 rings (SSSR count). The van der Waals surface area contributed by atoms with Gasteiger partial charge in [-0.2, -0.15) is 0 Å². The van der Waals surface area contributed by atoms with Crippen molar-refractivity contribution in [1.29, 1.82) is 0 Å². The summed E-state index contributed by atoms with van der Waals surface area (Å²) in [6.45, 7) is 2.08. The zero-order chi connectivity index (χ0) is 12.6. The highest BCUT2D eigenvalue weighted by Crippen LogP contribution is 2.29. The number of hydrogen-bond donors (Lipinski definition) is 0. The molecule has 0 spiro atoms. The molecule has 0 radical (unpaired) electrons. The van der Waals surface area contributed by atoms with Gasteiger partial charge in [0, 0.05) is 5.92 Å². The van der Waals surface area contributed by atoms with Crippen molar-refractivity contribution in [2.45, 2.75) is 25.7 Å². The molecule has 0 bridgehead atoms. The molecule has 0 saturated carbocycles. The molecule has 0 nitrogen and oxygen atoms in total. The van der Waals surface area contributed by atoms with E-state index in [1.54, 1.807) is 0 Å². The maximum Gasteiger partial charge on any atom is 0.00922 e. The molecule has 0 atom stereocenters. The maximum absolute atomic E-state index is 2.25. The van der Waals surface area contributed by atoms with Crippen molar-refractivity contribution in [3.63, 3.8) is 0 Å². The fourth-order valence-electron chi connectivity index (χ4n) is 2.33. The maximum atomic E-state index is 2.25. The van der Waals surface area contributed by atoms with Gasteiger partial charge in [-0.3, -0.25) is 0 Å². The molecule has 0 aliphatic heterocycles. The van der Waals surface area contributed by atoms with E-state index in [0.29, 0.717) is 5.92 Å². The monoisotopic (exact) mass is 236 g/mol. The smallest absolute Gasteiger partial charge is 0.00922 e. The number of hydrogen-bond acceptors (Lipinski definition) is 0. The van der Waals surface area contributed by atoms with Crippen LogP contribution in [0, 0.1) is 0 Å². The van der Waals surface area contributed by atoms with Gasteiger partial charge in [-0.25, -0.2) is 0 Å². The van der Waals surface area contributed by atoms with Crippen LogP contribution >= 0.6 is 0 Å². The van der Waals surface area contributed by atoms with E-state index in [9.17, 15) is 0 Å². The molecule has 0 aromatic heterocycles. The molecule has 0 heterocycles. The Morgan fingerprint density at radius 3 is 1.78 bits per heavy atom. The van der Waals surface area contributed by atoms with Crippen LogP contribution in [-0.4, -0.2) is 0 Å². The molecule has 0 unspecified atom stereocenters. The van der Waals surface area contributed by atoms with E-state index in [0.717, 1.165) is 6.42 Å². The van der Waals surface area contributed by atoms with Gasteiger partial charge in [-0.05, 0) is 30.9 Å². The predicted octanol–water partition coefficient (Wildman–Crippen LogP) is 5.17. The first-order valence-corrected chi connectivity index (χ1v) is 6.63. The van der Waals surface area contributed by atoms with Gasteiger partial charge in [0.05, 0.1) is 0 Å². The van der Waals surface area contributed by atoms with Crippen molar-refractivity contribution in [1.82, 2.24) is 0 Å². The highest BCUT2D eigenvalue weighted by molar-refractivity contribution is 5.32. The molecule has 0 N–H and O–H groups in total. The van der Waals surface area contributed by atoms with Gasteiger partial charge in [-0.1, -0.05) is 72.8 Å². The Bertz CT molecular complexity index is 428. The Balaban J connectivity index is 2.23. The molecule has 0 heteroatoms. The van der Waals surface area contributed by atoms with Crippen molar-refractivity contribution in [3.05, 3.63) is 83.9 Å². The molecule has 0 amide bonds. The van der Waals surface area contributed by atoms with Crippen LogP contribution in [0.1, 0.15) is 36.8 Å². The summed E-state index contributed by atoms with van der Waals surface area (Å²) >= 11 is 0. The van der Waals surface area contributed by atoms with Crippen molar-refractivity contribution in [3.8, 4) is 0 Å². The van der Waals surface area contributed by atoms with Crippen molar-refractivity contribution < 1.29 is 0 Å². The lowest BCUT2D eigenvalue weighted by molar-refractivity contribution is 0.728. The first kappa shape index (κ1) is 12.6.